The number of hydrogen-bond donors (Lipinski definition) is 1. The van der Waals surface area contributed by atoms with Crippen LogP contribution >= 0.6 is 11.3 Å². The van der Waals surface area contributed by atoms with Gasteiger partial charge in [0, 0.05) is 35.1 Å². The summed E-state index contributed by atoms with van der Waals surface area (Å²) in [5, 5.41) is 3.69. The molecule has 7 heteroatoms. The summed E-state index contributed by atoms with van der Waals surface area (Å²) in [7, 11) is 0.622. The number of anilines is 1. The number of nitrogens with zero attached hydrogens (tertiary/aromatic N) is 1. The van der Waals surface area contributed by atoms with Gasteiger partial charge in [0.15, 0.2) is 0 Å². The van der Waals surface area contributed by atoms with Gasteiger partial charge in [-0.15, -0.1) is 11.3 Å². The lowest BCUT2D eigenvalue weighted by Gasteiger charge is -2.06. The summed E-state index contributed by atoms with van der Waals surface area (Å²) in [6.07, 6.45) is 1.57. The summed E-state index contributed by atoms with van der Waals surface area (Å²) >= 11 is 1.35. The minimum absolute atomic E-state index is 0.178. The maximum Gasteiger partial charge on any atom is 0.267 e. The van der Waals surface area contributed by atoms with Crippen molar-refractivity contribution >= 4 is 33.7 Å². The zero-order valence-corrected chi connectivity index (χ0v) is 14.1. The van der Waals surface area contributed by atoms with E-state index in [1.54, 1.807) is 13.3 Å². The Hall–Kier alpha value is -1.57. The first-order chi connectivity index (χ1) is 10.6. The number of carbonyl (C=O) groups excluding carboxylic acids is 1. The lowest BCUT2D eigenvalue weighted by Crippen LogP contribution is -2.11. The molecule has 0 saturated carbocycles. The molecule has 22 heavy (non-hydrogen) atoms. The summed E-state index contributed by atoms with van der Waals surface area (Å²) in [6.45, 7) is 2.34. The third-order valence-corrected chi connectivity index (χ3v) is 5.06. The van der Waals surface area contributed by atoms with Gasteiger partial charge in [0.1, 0.15) is 4.88 Å². The van der Waals surface area contributed by atoms with Crippen LogP contribution in [0.1, 0.15) is 20.2 Å². The van der Waals surface area contributed by atoms with Gasteiger partial charge in [-0.25, -0.2) is 4.98 Å². The fourth-order valence-electron chi connectivity index (χ4n) is 1.83. The van der Waals surface area contributed by atoms with Crippen LogP contribution in [0.2, 0.25) is 0 Å². The zero-order chi connectivity index (χ0) is 15.9. The van der Waals surface area contributed by atoms with Gasteiger partial charge in [0.2, 0.25) is 0 Å². The van der Waals surface area contributed by atoms with E-state index in [0.717, 1.165) is 10.6 Å². The molecule has 1 atom stereocenters. The van der Waals surface area contributed by atoms with E-state index in [0.29, 0.717) is 28.7 Å². The van der Waals surface area contributed by atoms with Crippen LogP contribution in [-0.2, 0) is 21.3 Å². The van der Waals surface area contributed by atoms with E-state index >= 15 is 0 Å². The number of nitrogens with one attached hydrogen (secondary N) is 1. The second-order valence-corrected chi connectivity index (χ2v) is 7.49. The number of thiazole rings is 1. The molecule has 0 radical (unpaired) electrons. The minimum Gasteiger partial charge on any atom is -0.384 e. The molecule has 1 aromatic heterocycles. The van der Waals surface area contributed by atoms with E-state index in [1.165, 1.54) is 11.3 Å². The highest BCUT2D eigenvalue weighted by atomic mass is 32.2. The molecule has 0 spiro atoms. The maximum atomic E-state index is 12.1. The topological polar surface area (TPSA) is 68.3 Å². The van der Waals surface area contributed by atoms with Crippen molar-refractivity contribution in [2.24, 2.45) is 0 Å². The molecule has 0 bridgehead atoms. The molecule has 0 aliphatic heterocycles. The van der Waals surface area contributed by atoms with E-state index in [1.807, 2.05) is 31.2 Å². The predicted molar refractivity (Wildman–Crippen MR) is 89.8 cm³/mol. The summed E-state index contributed by atoms with van der Waals surface area (Å²) in [5.74, 6) is 0.781. The molecule has 0 unspecified atom stereocenters. The van der Waals surface area contributed by atoms with Crippen LogP contribution in [0.5, 0.6) is 0 Å². The first-order valence-corrected chi connectivity index (χ1v) is 9.05. The molecule has 118 valence electrons. The van der Waals surface area contributed by atoms with E-state index in [-0.39, 0.29) is 5.91 Å². The summed E-state index contributed by atoms with van der Waals surface area (Å²) in [6, 6.07) is 7.40. The Bertz CT molecular complexity index is 670. The van der Waals surface area contributed by atoms with Crippen LogP contribution in [0.15, 0.2) is 30.5 Å². The molecule has 1 heterocycles. The number of amides is 1. The molecule has 0 aliphatic carbocycles. The Morgan fingerprint density at radius 1 is 1.45 bits per heavy atom. The number of hydrogen-bond acceptors (Lipinski definition) is 5. The highest BCUT2D eigenvalue weighted by molar-refractivity contribution is 7.84. The van der Waals surface area contributed by atoms with E-state index in [9.17, 15) is 9.00 Å². The van der Waals surface area contributed by atoms with Gasteiger partial charge < -0.3 is 10.1 Å². The van der Waals surface area contributed by atoms with Crippen molar-refractivity contribution in [1.29, 1.82) is 0 Å². The molecule has 2 rings (SSSR count). The van der Waals surface area contributed by atoms with E-state index < -0.39 is 10.8 Å². The Morgan fingerprint density at radius 2 is 2.27 bits per heavy atom. The van der Waals surface area contributed by atoms with Gasteiger partial charge >= 0.3 is 0 Å². The first kappa shape index (κ1) is 16.8. The van der Waals surface area contributed by atoms with Gasteiger partial charge in [-0.1, -0.05) is 12.1 Å². The van der Waals surface area contributed by atoms with Gasteiger partial charge in [0.25, 0.3) is 5.91 Å². The normalized spacial score (nSPS) is 12.1. The number of methoxy groups -OCH3 is 1. The number of aryl methyl sites for hydroxylation is 1. The monoisotopic (exact) mass is 338 g/mol. The first-order valence-electron chi connectivity index (χ1n) is 6.75. The largest absolute Gasteiger partial charge is 0.384 e. The fraction of sp³-hybridized carbons (Fsp3) is 0.333. The molecule has 0 fully saturated rings. The molecule has 2 aromatic rings. The van der Waals surface area contributed by atoms with Gasteiger partial charge in [-0.3, -0.25) is 9.00 Å². The molecule has 0 saturated heterocycles. The third-order valence-electron chi connectivity index (χ3n) is 2.87. The number of benzene rings is 1. The molecular formula is C15H18N2O3S2. The highest BCUT2D eigenvalue weighted by Gasteiger charge is 2.10. The Balaban J connectivity index is 1.99. The van der Waals surface area contributed by atoms with Crippen molar-refractivity contribution in [2.75, 3.05) is 24.8 Å². The lowest BCUT2D eigenvalue weighted by molar-refractivity contribution is 0.103. The summed E-state index contributed by atoms with van der Waals surface area (Å²) < 4.78 is 16.8. The standard InChI is InChI=1S/C15H18N2O3S2/c1-11-16-9-14(21-11)15(18)17-13-5-3-4-12(8-13)10-22(19)7-6-20-2/h3-5,8-9H,6-7,10H2,1-2H3,(H,17,18)/t22-/m0/s1. The quantitative estimate of drug-likeness (QED) is 0.842. The average molecular weight is 338 g/mol. The van der Waals surface area contributed by atoms with Crippen molar-refractivity contribution in [3.63, 3.8) is 0 Å². The molecule has 1 amide bonds. The number of aromatic nitrogens is 1. The molecule has 1 N–H and O–H groups in total. The average Bonchev–Trinajstić information content (AvgIpc) is 2.92. The Labute approximate surface area is 136 Å². The summed E-state index contributed by atoms with van der Waals surface area (Å²) in [5.41, 5.74) is 1.62. The van der Waals surface area contributed by atoms with Gasteiger partial charge in [-0.05, 0) is 24.6 Å². The van der Waals surface area contributed by atoms with Crippen molar-refractivity contribution in [3.8, 4) is 0 Å². The van der Waals surface area contributed by atoms with Crippen LogP contribution in [0.4, 0.5) is 5.69 Å². The van der Waals surface area contributed by atoms with Crippen LogP contribution in [0.3, 0.4) is 0 Å². The molecular weight excluding hydrogens is 320 g/mol. The van der Waals surface area contributed by atoms with Crippen molar-refractivity contribution < 1.29 is 13.7 Å². The minimum atomic E-state index is -0.970. The Morgan fingerprint density at radius 3 is 2.95 bits per heavy atom. The second kappa shape index (κ2) is 8.17. The lowest BCUT2D eigenvalue weighted by atomic mass is 10.2. The van der Waals surface area contributed by atoms with Gasteiger partial charge in [0.05, 0.1) is 17.8 Å². The van der Waals surface area contributed by atoms with Crippen LogP contribution < -0.4 is 5.32 Å². The second-order valence-electron chi connectivity index (χ2n) is 4.68. The van der Waals surface area contributed by atoms with Crippen LogP contribution in [-0.4, -0.2) is 34.6 Å². The number of ether oxygens (including phenoxy) is 1. The summed E-state index contributed by atoms with van der Waals surface area (Å²) in [4.78, 5) is 16.7. The zero-order valence-electron chi connectivity index (χ0n) is 12.5. The van der Waals surface area contributed by atoms with Crippen molar-refractivity contribution in [1.82, 2.24) is 4.98 Å². The molecule has 5 nitrogen and oxygen atoms in total. The molecule has 0 aliphatic rings. The van der Waals surface area contributed by atoms with E-state index in [2.05, 4.69) is 10.3 Å². The Kier molecular flexibility index (Phi) is 6.23. The SMILES string of the molecule is COCC[S@](=O)Cc1cccc(NC(=O)c2cnc(C)s2)c1. The third kappa shape index (κ3) is 5.01. The van der Waals surface area contributed by atoms with Gasteiger partial charge in [-0.2, -0.15) is 0 Å². The van der Waals surface area contributed by atoms with Crippen molar-refractivity contribution in [3.05, 3.63) is 45.9 Å². The fourth-order valence-corrected chi connectivity index (χ4v) is 3.55. The smallest absolute Gasteiger partial charge is 0.267 e. The van der Waals surface area contributed by atoms with Crippen LogP contribution in [0, 0.1) is 6.92 Å². The maximum absolute atomic E-state index is 12.1. The highest BCUT2D eigenvalue weighted by Crippen LogP contribution is 2.16. The van der Waals surface area contributed by atoms with Crippen LogP contribution in [0.25, 0.3) is 0 Å². The predicted octanol–water partition coefficient (Wildman–Crippen LogP) is 2.60. The number of carbonyl (C=O) groups is 1. The van der Waals surface area contributed by atoms with E-state index in [4.69, 9.17) is 4.74 Å². The van der Waals surface area contributed by atoms with Crippen molar-refractivity contribution in [2.45, 2.75) is 12.7 Å². The molecule has 1 aromatic carbocycles. The number of rotatable bonds is 7.